The fourth-order valence-corrected chi connectivity index (χ4v) is 1.74. The maximum Gasteiger partial charge on any atom is 0.335 e. The minimum Gasteiger partial charge on any atom is -0.464 e. The first kappa shape index (κ1) is 12.5. The van der Waals surface area contributed by atoms with E-state index < -0.39 is 12.1 Å². The fraction of sp³-hybridized carbons (Fsp3) is 0.909. The molecule has 0 aliphatic carbocycles. The first-order chi connectivity index (χ1) is 7.25. The van der Waals surface area contributed by atoms with Gasteiger partial charge in [0.05, 0.1) is 6.61 Å². The number of nitrogens with one attached hydrogen (secondary N) is 1. The molecule has 1 aliphatic rings. The van der Waals surface area contributed by atoms with E-state index >= 15 is 0 Å². The molecular formula is C11H21NO3. The Hall–Kier alpha value is -0.610. The number of hydrogen-bond acceptors (Lipinski definition) is 4. The number of carbonyl (C=O) groups excluding carboxylic acids is 1. The van der Waals surface area contributed by atoms with Crippen molar-refractivity contribution >= 4 is 5.97 Å². The van der Waals surface area contributed by atoms with E-state index in [9.17, 15) is 9.90 Å². The lowest BCUT2D eigenvalue weighted by atomic mass is 9.94. The molecule has 4 nitrogen and oxygen atoms in total. The van der Waals surface area contributed by atoms with Crippen molar-refractivity contribution in [3.05, 3.63) is 0 Å². The van der Waals surface area contributed by atoms with E-state index in [2.05, 4.69) is 5.32 Å². The second kappa shape index (κ2) is 6.80. The third-order valence-corrected chi connectivity index (χ3v) is 2.77. The smallest absolute Gasteiger partial charge is 0.335 e. The highest BCUT2D eigenvalue weighted by Gasteiger charge is 2.28. The zero-order valence-electron chi connectivity index (χ0n) is 9.37. The van der Waals surface area contributed by atoms with Crippen molar-refractivity contribution in [1.82, 2.24) is 5.32 Å². The maximum atomic E-state index is 11.4. The summed E-state index contributed by atoms with van der Waals surface area (Å²) in [6.45, 7) is 4.15. The van der Waals surface area contributed by atoms with E-state index in [1.54, 1.807) is 0 Å². The van der Waals surface area contributed by atoms with Gasteiger partial charge in [0.2, 0.25) is 0 Å². The Morgan fingerprint density at radius 2 is 2.47 bits per heavy atom. The van der Waals surface area contributed by atoms with Gasteiger partial charge in [-0.3, -0.25) is 0 Å². The minimum absolute atomic E-state index is 0.0212. The third kappa shape index (κ3) is 4.18. The zero-order valence-corrected chi connectivity index (χ0v) is 9.37. The van der Waals surface area contributed by atoms with Gasteiger partial charge in [-0.1, -0.05) is 13.3 Å². The monoisotopic (exact) mass is 215 g/mol. The van der Waals surface area contributed by atoms with Gasteiger partial charge in [-0.25, -0.2) is 4.79 Å². The van der Waals surface area contributed by atoms with Crippen LogP contribution < -0.4 is 5.32 Å². The lowest BCUT2D eigenvalue weighted by molar-refractivity contribution is -0.157. The van der Waals surface area contributed by atoms with Gasteiger partial charge >= 0.3 is 5.97 Å². The quantitative estimate of drug-likeness (QED) is 0.523. The van der Waals surface area contributed by atoms with Crippen LogP contribution in [0.25, 0.3) is 0 Å². The molecule has 1 aliphatic heterocycles. The molecule has 2 atom stereocenters. The molecule has 4 heteroatoms. The summed E-state index contributed by atoms with van der Waals surface area (Å²) in [7, 11) is 0. The largest absolute Gasteiger partial charge is 0.464 e. The lowest BCUT2D eigenvalue weighted by Gasteiger charge is -2.25. The number of piperidine rings is 1. The Labute approximate surface area is 91.0 Å². The van der Waals surface area contributed by atoms with E-state index in [0.717, 1.165) is 32.2 Å². The summed E-state index contributed by atoms with van der Waals surface area (Å²) in [5, 5.41) is 12.9. The highest BCUT2D eigenvalue weighted by molar-refractivity contribution is 5.74. The summed E-state index contributed by atoms with van der Waals surface area (Å²) >= 11 is 0. The van der Waals surface area contributed by atoms with Crippen molar-refractivity contribution < 1.29 is 14.6 Å². The van der Waals surface area contributed by atoms with Crippen LogP contribution in [-0.4, -0.2) is 36.9 Å². The summed E-state index contributed by atoms with van der Waals surface area (Å²) in [5.74, 6) is -0.440. The molecule has 2 unspecified atom stereocenters. The molecule has 0 radical (unpaired) electrons. The van der Waals surface area contributed by atoms with E-state index in [-0.39, 0.29) is 5.92 Å². The van der Waals surface area contributed by atoms with Crippen LogP contribution in [-0.2, 0) is 9.53 Å². The van der Waals surface area contributed by atoms with Gasteiger partial charge in [0.15, 0.2) is 6.10 Å². The summed E-state index contributed by atoms with van der Waals surface area (Å²) in [5.41, 5.74) is 0. The molecule has 1 fully saturated rings. The Morgan fingerprint density at radius 3 is 3.07 bits per heavy atom. The van der Waals surface area contributed by atoms with Crippen LogP contribution in [0, 0.1) is 5.92 Å². The van der Waals surface area contributed by atoms with Crippen molar-refractivity contribution in [2.75, 3.05) is 19.7 Å². The second-order valence-electron chi connectivity index (χ2n) is 4.07. The Bertz CT molecular complexity index is 190. The summed E-state index contributed by atoms with van der Waals surface area (Å²) in [6, 6.07) is 0. The van der Waals surface area contributed by atoms with E-state index in [4.69, 9.17) is 4.74 Å². The molecule has 0 bridgehead atoms. The number of hydrogen-bond donors (Lipinski definition) is 2. The molecular weight excluding hydrogens is 194 g/mol. The molecule has 88 valence electrons. The lowest BCUT2D eigenvalue weighted by Crippen LogP contribution is -2.41. The highest BCUT2D eigenvalue weighted by atomic mass is 16.5. The van der Waals surface area contributed by atoms with Crippen LogP contribution in [0.15, 0.2) is 0 Å². The van der Waals surface area contributed by atoms with Crippen molar-refractivity contribution in [2.24, 2.45) is 5.92 Å². The molecule has 0 aromatic heterocycles. The maximum absolute atomic E-state index is 11.4. The molecule has 0 spiro atoms. The fourth-order valence-electron chi connectivity index (χ4n) is 1.74. The van der Waals surface area contributed by atoms with Crippen LogP contribution in [0.5, 0.6) is 0 Å². The first-order valence-corrected chi connectivity index (χ1v) is 5.81. The predicted octanol–water partition coefficient (Wildman–Crippen LogP) is 0.690. The zero-order chi connectivity index (χ0) is 11.1. The van der Waals surface area contributed by atoms with Crippen molar-refractivity contribution in [2.45, 2.75) is 38.7 Å². The van der Waals surface area contributed by atoms with Gasteiger partial charge in [-0.05, 0) is 25.8 Å². The number of aliphatic hydroxyl groups is 1. The molecule has 0 aromatic carbocycles. The SMILES string of the molecule is CCCCOC(=O)C(O)C1CCCNC1. The molecule has 1 rings (SSSR count). The summed E-state index contributed by atoms with van der Waals surface area (Å²) in [6.07, 6.45) is 2.83. The molecule has 1 saturated heterocycles. The van der Waals surface area contributed by atoms with Crippen molar-refractivity contribution in [3.63, 3.8) is 0 Å². The number of ether oxygens (including phenoxy) is 1. The van der Waals surface area contributed by atoms with Gasteiger partial charge in [0.25, 0.3) is 0 Å². The van der Waals surface area contributed by atoms with Crippen LogP contribution in [0.2, 0.25) is 0 Å². The van der Waals surface area contributed by atoms with Crippen LogP contribution in [0.1, 0.15) is 32.6 Å². The minimum atomic E-state index is -0.949. The molecule has 15 heavy (non-hydrogen) atoms. The average molecular weight is 215 g/mol. The first-order valence-electron chi connectivity index (χ1n) is 5.81. The predicted molar refractivity (Wildman–Crippen MR) is 57.5 cm³/mol. The van der Waals surface area contributed by atoms with Gasteiger partial charge in [0, 0.05) is 12.5 Å². The average Bonchev–Trinajstić information content (AvgIpc) is 2.29. The second-order valence-corrected chi connectivity index (χ2v) is 4.07. The van der Waals surface area contributed by atoms with Gasteiger partial charge in [-0.15, -0.1) is 0 Å². The number of unbranched alkanes of at least 4 members (excludes halogenated alkanes) is 1. The number of aliphatic hydroxyl groups excluding tert-OH is 1. The standard InChI is InChI=1S/C11H21NO3/c1-2-3-7-15-11(14)10(13)9-5-4-6-12-8-9/h9-10,12-13H,2-8H2,1H3. The number of rotatable bonds is 5. The van der Waals surface area contributed by atoms with Crippen LogP contribution in [0.4, 0.5) is 0 Å². The van der Waals surface area contributed by atoms with Crippen molar-refractivity contribution in [1.29, 1.82) is 0 Å². The van der Waals surface area contributed by atoms with Crippen LogP contribution in [0.3, 0.4) is 0 Å². The topological polar surface area (TPSA) is 58.6 Å². The molecule has 0 aromatic rings. The van der Waals surface area contributed by atoms with Gasteiger partial charge in [-0.2, -0.15) is 0 Å². The Balaban J connectivity index is 2.24. The van der Waals surface area contributed by atoms with E-state index in [1.807, 2.05) is 6.92 Å². The van der Waals surface area contributed by atoms with Gasteiger partial charge < -0.3 is 15.2 Å². The number of carbonyl (C=O) groups is 1. The van der Waals surface area contributed by atoms with Gasteiger partial charge in [0.1, 0.15) is 0 Å². The Morgan fingerprint density at radius 1 is 1.67 bits per heavy atom. The summed E-state index contributed by atoms with van der Waals surface area (Å²) in [4.78, 5) is 11.4. The number of esters is 1. The molecule has 0 amide bonds. The van der Waals surface area contributed by atoms with Crippen molar-refractivity contribution in [3.8, 4) is 0 Å². The van der Waals surface area contributed by atoms with E-state index in [1.165, 1.54) is 0 Å². The normalized spacial score (nSPS) is 23.5. The van der Waals surface area contributed by atoms with Crippen LogP contribution >= 0.6 is 0 Å². The van der Waals surface area contributed by atoms with E-state index in [0.29, 0.717) is 13.2 Å². The molecule has 2 N–H and O–H groups in total. The highest BCUT2D eigenvalue weighted by Crippen LogP contribution is 2.15. The third-order valence-electron chi connectivity index (χ3n) is 2.77. The molecule has 0 saturated carbocycles. The molecule has 1 heterocycles. The summed E-state index contributed by atoms with van der Waals surface area (Å²) < 4.78 is 4.98. The Kier molecular flexibility index (Phi) is 5.65.